The molecule has 1 aromatic rings. The summed E-state index contributed by atoms with van der Waals surface area (Å²) in [5.74, 6) is 0. The number of thiazole rings is 1. The topological polar surface area (TPSA) is 34.2 Å². The van der Waals surface area contributed by atoms with Gasteiger partial charge in [-0.1, -0.05) is 0 Å². The minimum Gasteiger partial charge on any atom is -0.379 e. The highest BCUT2D eigenvalue weighted by Gasteiger charge is 2.41. The molecule has 2 fully saturated rings. The summed E-state index contributed by atoms with van der Waals surface area (Å²) in [5, 5.41) is 5.02. The van der Waals surface area contributed by atoms with Crippen molar-refractivity contribution in [1.82, 2.24) is 10.3 Å². The van der Waals surface area contributed by atoms with Crippen LogP contribution in [0.15, 0.2) is 0 Å². The predicted octanol–water partition coefficient (Wildman–Crippen LogP) is 2.52. The summed E-state index contributed by atoms with van der Waals surface area (Å²) in [4.78, 5) is 6.10. The van der Waals surface area contributed by atoms with Crippen molar-refractivity contribution in [3.63, 3.8) is 0 Å². The molecule has 3 rings (SSSR count). The molecule has 2 aliphatic rings. The molecule has 3 nitrogen and oxygen atoms in total. The summed E-state index contributed by atoms with van der Waals surface area (Å²) in [6.45, 7) is 5.95. The summed E-state index contributed by atoms with van der Waals surface area (Å²) >= 11 is 1.84. The molecule has 1 unspecified atom stereocenters. The maximum absolute atomic E-state index is 5.72. The molecule has 0 amide bonds. The highest BCUT2D eigenvalue weighted by Crippen LogP contribution is 2.37. The van der Waals surface area contributed by atoms with Gasteiger partial charge in [-0.3, -0.25) is 0 Å². The van der Waals surface area contributed by atoms with Crippen LogP contribution < -0.4 is 5.32 Å². The molecule has 0 spiro atoms. The van der Waals surface area contributed by atoms with Gasteiger partial charge in [-0.2, -0.15) is 0 Å². The van der Waals surface area contributed by atoms with Crippen molar-refractivity contribution in [2.75, 3.05) is 13.2 Å². The molecular weight excluding hydrogens is 232 g/mol. The molecule has 1 N–H and O–H groups in total. The Morgan fingerprint density at radius 1 is 1.41 bits per heavy atom. The Kier molecular flexibility index (Phi) is 2.97. The zero-order valence-electron chi connectivity index (χ0n) is 10.6. The van der Waals surface area contributed by atoms with Crippen LogP contribution in [0.25, 0.3) is 0 Å². The highest BCUT2D eigenvalue weighted by molar-refractivity contribution is 7.11. The minimum atomic E-state index is 0.00308. The van der Waals surface area contributed by atoms with Crippen LogP contribution in [-0.4, -0.2) is 24.2 Å². The van der Waals surface area contributed by atoms with Crippen LogP contribution in [0.3, 0.4) is 0 Å². The predicted molar refractivity (Wildman–Crippen MR) is 69.5 cm³/mol. The van der Waals surface area contributed by atoms with E-state index in [1.165, 1.54) is 28.4 Å². The van der Waals surface area contributed by atoms with E-state index in [0.29, 0.717) is 6.04 Å². The van der Waals surface area contributed by atoms with Crippen LogP contribution in [0.5, 0.6) is 0 Å². The van der Waals surface area contributed by atoms with Crippen LogP contribution in [0.4, 0.5) is 0 Å². The van der Waals surface area contributed by atoms with E-state index in [1.54, 1.807) is 0 Å². The summed E-state index contributed by atoms with van der Waals surface area (Å²) < 4.78 is 5.72. The van der Waals surface area contributed by atoms with E-state index in [1.807, 2.05) is 11.3 Å². The monoisotopic (exact) mass is 252 g/mol. The first-order valence-electron chi connectivity index (χ1n) is 6.50. The zero-order chi connectivity index (χ0) is 11.9. The van der Waals surface area contributed by atoms with Crippen molar-refractivity contribution in [1.29, 1.82) is 0 Å². The molecule has 0 radical (unpaired) electrons. The number of rotatable bonds is 3. The largest absolute Gasteiger partial charge is 0.379 e. The quantitative estimate of drug-likeness (QED) is 0.897. The second-order valence-corrected chi connectivity index (χ2v) is 6.52. The molecule has 17 heavy (non-hydrogen) atoms. The van der Waals surface area contributed by atoms with Crippen molar-refractivity contribution in [3.05, 3.63) is 15.6 Å². The fourth-order valence-electron chi connectivity index (χ4n) is 2.43. The number of hydrogen-bond acceptors (Lipinski definition) is 4. The fourth-order valence-corrected chi connectivity index (χ4v) is 3.52. The van der Waals surface area contributed by atoms with E-state index in [0.717, 1.165) is 26.1 Å². The molecule has 1 aliphatic heterocycles. The summed E-state index contributed by atoms with van der Waals surface area (Å²) in [5.41, 5.74) is 1.18. The second kappa shape index (κ2) is 4.34. The number of ether oxygens (including phenoxy) is 1. The first-order valence-corrected chi connectivity index (χ1v) is 7.31. The van der Waals surface area contributed by atoms with E-state index >= 15 is 0 Å². The molecule has 1 aromatic heterocycles. The van der Waals surface area contributed by atoms with Crippen LogP contribution >= 0.6 is 11.3 Å². The highest BCUT2D eigenvalue weighted by atomic mass is 32.1. The van der Waals surface area contributed by atoms with Gasteiger partial charge in [0.15, 0.2) is 0 Å². The molecule has 1 saturated carbocycles. The smallest absolute Gasteiger partial charge is 0.116 e. The van der Waals surface area contributed by atoms with Crippen molar-refractivity contribution in [2.24, 2.45) is 0 Å². The number of aromatic nitrogens is 1. The molecule has 94 valence electrons. The Bertz CT molecular complexity index is 386. The maximum Gasteiger partial charge on any atom is 0.116 e. The SMILES string of the molecule is Cc1nc(C2(NC3CC3)CCCOC2)sc1C. The number of aryl methyl sites for hydroxylation is 2. The zero-order valence-corrected chi connectivity index (χ0v) is 11.4. The molecule has 1 atom stereocenters. The molecule has 1 aliphatic carbocycles. The second-order valence-electron chi connectivity index (χ2n) is 5.32. The van der Waals surface area contributed by atoms with Gasteiger partial charge in [0, 0.05) is 17.5 Å². The van der Waals surface area contributed by atoms with Gasteiger partial charge < -0.3 is 10.1 Å². The summed E-state index contributed by atoms with van der Waals surface area (Å²) in [6, 6.07) is 0.696. The van der Waals surface area contributed by atoms with Crippen LogP contribution in [0, 0.1) is 13.8 Å². The molecule has 1 saturated heterocycles. The average Bonchev–Trinajstić information content (AvgIpc) is 3.06. The normalized spacial score (nSPS) is 29.5. The van der Waals surface area contributed by atoms with Crippen molar-refractivity contribution < 1.29 is 4.74 Å². The molecular formula is C13H20N2OS. The van der Waals surface area contributed by atoms with E-state index in [4.69, 9.17) is 9.72 Å². The number of nitrogens with one attached hydrogen (secondary N) is 1. The lowest BCUT2D eigenvalue weighted by Crippen LogP contribution is -2.49. The first-order chi connectivity index (χ1) is 8.20. The van der Waals surface area contributed by atoms with Gasteiger partial charge in [0.05, 0.1) is 17.8 Å². The molecule has 4 heteroatoms. The Morgan fingerprint density at radius 2 is 2.24 bits per heavy atom. The van der Waals surface area contributed by atoms with Crippen LogP contribution in [0.2, 0.25) is 0 Å². The number of hydrogen-bond donors (Lipinski definition) is 1. The maximum atomic E-state index is 5.72. The van der Waals surface area contributed by atoms with E-state index in [9.17, 15) is 0 Å². The van der Waals surface area contributed by atoms with Gasteiger partial charge in [0.25, 0.3) is 0 Å². The van der Waals surface area contributed by atoms with Gasteiger partial charge >= 0.3 is 0 Å². The summed E-state index contributed by atoms with van der Waals surface area (Å²) in [7, 11) is 0. The van der Waals surface area contributed by atoms with Crippen molar-refractivity contribution in [2.45, 2.75) is 51.1 Å². The minimum absolute atomic E-state index is 0.00308. The average molecular weight is 252 g/mol. The van der Waals surface area contributed by atoms with Crippen LogP contribution in [0.1, 0.15) is 41.3 Å². The van der Waals surface area contributed by atoms with Gasteiger partial charge in [0.1, 0.15) is 5.01 Å². The third kappa shape index (κ3) is 2.26. The van der Waals surface area contributed by atoms with Gasteiger partial charge in [-0.15, -0.1) is 11.3 Å². The lowest BCUT2D eigenvalue weighted by Gasteiger charge is -2.36. The Labute approximate surface area is 107 Å². The van der Waals surface area contributed by atoms with E-state index in [2.05, 4.69) is 19.2 Å². The standard InChI is InChI=1S/C13H20N2OS/c1-9-10(2)17-12(14-9)13(15-11-4-5-11)6-3-7-16-8-13/h11,15H,3-8H2,1-2H3. The van der Waals surface area contributed by atoms with Crippen LogP contribution in [-0.2, 0) is 10.3 Å². The Balaban J connectivity index is 1.90. The lowest BCUT2D eigenvalue weighted by atomic mass is 9.93. The molecule has 0 bridgehead atoms. The van der Waals surface area contributed by atoms with E-state index < -0.39 is 0 Å². The van der Waals surface area contributed by atoms with Gasteiger partial charge in [0.2, 0.25) is 0 Å². The van der Waals surface area contributed by atoms with Gasteiger partial charge in [-0.05, 0) is 39.5 Å². The van der Waals surface area contributed by atoms with Gasteiger partial charge in [-0.25, -0.2) is 4.98 Å². The number of nitrogens with zero attached hydrogens (tertiary/aromatic N) is 1. The Hall–Kier alpha value is -0.450. The van der Waals surface area contributed by atoms with E-state index in [-0.39, 0.29) is 5.54 Å². The molecule has 2 heterocycles. The van der Waals surface area contributed by atoms with Crippen molar-refractivity contribution >= 4 is 11.3 Å². The first kappa shape index (κ1) is 11.6. The third-order valence-electron chi connectivity index (χ3n) is 3.74. The molecule has 0 aromatic carbocycles. The van der Waals surface area contributed by atoms with Crippen molar-refractivity contribution in [3.8, 4) is 0 Å². The fraction of sp³-hybridized carbons (Fsp3) is 0.769. The third-order valence-corrected chi connectivity index (χ3v) is 5.01. The summed E-state index contributed by atoms with van der Waals surface area (Å²) in [6.07, 6.45) is 4.92. The lowest BCUT2D eigenvalue weighted by molar-refractivity contribution is 0.0169. The Morgan fingerprint density at radius 3 is 2.76 bits per heavy atom.